The van der Waals surface area contributed by atoms with Crippen LogP contribution < -0.4 is 5.32 Å². The fourth-order valence-electron chi connectivity index (χ4n) is 1.53. The molecule has 1 N–H and O–H groups in total. The van der Waals surface area contributed by atoms with Crippen LogP contribution in [0.2, 0.25) is 10.0 Å². The number of amides is 1. The van der Waals surface area contributed by atoms with E-state index in [0.29, 0.717) is 15.7 Å². The number of halogens is 2. The number of anilines is 1. The van der Waals surface area contributed by atoms with E-state index in [2.05, 4.69) is 5.32 Å². The lowest BCUT2D eigenvalue weighted by molar-refractivity contribution is -0.146. The fraction of sp³-hybridized carbons (Fsp3) is 0.143. The average molecular weight is 344 g/mol. The number of thiophene rings is 1. The standard InChI is InChI=1S/C14H11Cl2NO3S/c15-9-3-4-12(11(16)6-9)17-13(18)8-20-14(19)7-10-2-1-5-21-10/h1-6H,7-8H2,(H,17,18). The van der Waals surface area contributed by atoms with Gasteiger partial charge >= 0.3 is 5.97 Å². The van der Waals surface area contributed by atoms with Gasteiger partial charge in [-0.1, -0.05) is 29.3 Å². The Hall–Kier alpha value is -1.56. The highest BCUT2D eigenvalue weighted by Crippen LogP contribution is 2.25. The summed E-state index contributed by atoms with van der Waals surface area (Å²) in [6.45, 7) is -0.358. The van der Waals surface area contributed by atoms with Crippen LogP contribution in [0.1, 0.15) is 4.88 Å². The van der Waals surface area contributed by atoms with Crippen molar-refractivity contribution < 1.29 is 14.3 Å². The van der Waals surface area contributed by atoms with E-state index in [1.807, 2.05) is 17.5 Å². The zero-order chi connectivity index (χ0) is 15.2. The van der Waals surface area contributed by atoms with Crippen LogP contribution in [0.4, 0.5) is 5.69 Å². The lowest BCUT2D eigenvalue weighted by atomic mass is 10.3. The Morgan fingerprint density at radius 3 is 2.71 bits per heavy atom. The third-order valence-corrected chi connectivity index (χ3v) is 3.89. The van der Waals surface area contributed by atoms with Gasteiger partial charge in [-0.3, -0.25) is 9.59 Å². The van der Waals surface area contributed by atoms with Crippen LogP contribution in [0.25, 0.3) is 0 Å². The molecule has 1 aromatic heterocycles. The number of hydrogen-bond donors (Lipinski definition) is 1. The summed E-state index contributed by atoms with van der Waals surface area (Å²) in [6, 6.07) is 8.38. The predicted octanol–water partition coefficient (Wildman–Crippen LogP) is 3.78. The Morgan fingerprint density at radius 1 is 1.24 bits per heavy atom. The van der Waals surface area contributed by atoms with E-state index in [9.17, 15) is 9.59 Å². The molecule has 0 aliphatic carbocycles. The zero-order valence-corrected chi connectivity index (χ0v) is 13.1. The van der Waals surface area contributed by atoms with Gasteiger partial charge in [-0.2, -0.15) is 0 Å². The van der Waals surface area contributed by atoms with Gasteiger partial charge in [0.2, 0.25) is 0 Å². The van der Waals surface area contributed by atoms with Crippen LogP contribution in [0.3, 0.4) is 0 Å². The van der Waals surface area contributed by atoms with Crippen molar-refractivity contribution in [3.8, 4) is 0 Å². The van der Waals surface area contributed by atoms with Gasteiger partial charge < -0.3 is 10.1 Å². The summed E-state index contributed by atoms with van der Waals surface area (Å²) >= 11 is 13.1. The number of carbonyl (C=O) groups is 2. The quantitative estimate of drug-likeness (QED) is 0.840. The van der Waals surface area contributed by atoms with Crippen LogP contribution in [0, 0.1) is 0 Å². The molecule has 0 atom stereocenters. The van der Waals surface area contributed by atoms with E-state index in [4.69, 9.17) is 27.9 Å². The molecule has 4 nitrogen and oxygen atoms in total. The molecule has 0 saturated carbocycles. The van der Waals surface area contributed by atoms with Crippen molar-refractivity contribution in [3.05, 3.63) is 50.6 Å². The normalized spacial score (nSPS) is 10.2. The second-order valence-corrected chi connectivity index (χ2v) is 5.97. The molecule has 2 aromatic rings. The van der Waals surface area contributed by atoms with E-state index < -0.39 is 11.9 Å². The maximum atomic E-state index is 11.7. The third kappa shape index (κ3) is 5.04. The molecular formula is C14H11Cl2NO3S. The van der Waals surface area contributed by atoms with Crippen LogP contribution in [-0.4, -0.2) is 18.5 Å². The summed E-state index contributed by atoms with van der Waals surface area (Å²) in [6.07, 6.45) is 0.159. The molecule has 0 radical (unpaired) electrons. The van der Waals surface area contributed by atoms with E-state index in [1.54, 1.807) is 12.1 Å². The molecule has 1 amide bonds. The molecule has 110 valence electrons. The third-order valence-electron chi connectivity index (χ3n) is 2.47. The maximum Gasteiger partial charge on any atom is 0.311 e. The smallest absolute Gasteiger partial charge is 0.311 e. The Labute approximate surface area is 135 Å². The van der Waals surface area contributed by atoms with Gasteiger partial charge in [0.05, 0.1) is 17.1 Å². The fourth-order valence-corrected chi connectivity index (χ4v) is 2.68. The molecule has 1 heterocycles. The minimum absolute atomic E-state index is 0.159. The molecule has 0 aliphatic heterocycles. The second kappa shape index (κ2) is 7.45. The van der Waals surface area contributed by atoms with Crippen LogP contribution >= 0.6 is 34.5 Å². The first kappa shape index (κ1) is 15.8. The number of benzene rings is 1. The van der Waals surface area contributed by atoms with Gasteiger partial charge in [0.1, 0.15) is 0 Å². The minimum atomic E-state index is -0.459. The first-order valence-electron chi connectivity index (χ1n) is 5.97. The average Bonchev–Trinajstić information content (AvgIpc) is 2.92. The first-order chi connectivity index (χ1) is 10.0. The van der Waals surface area contributed by atoms with Gasteiger partial charge in [0.25, 0.3) is 5.91 Å². The topological polar surface area (TPSA) is 55.4 Å². The minimum Gasteiger partial charge on any atom is -0.455 e. The number of nitrogens with one attached hydrogen (secondary N) is 1. The van der Waals surface area contributed by atoms with Gasteiger partial charge in [0.15, 0.2) is 6.61 Å². The first-order valence-corrected chi connectivity index (χ1v) is 7.61. The molecule has 0 unspecified atom stereocenters. The summed E-state index contributed by atoms with van der Waals surface area (Å²) in [5.41, 5.74) is 0.417. The number of ether oxygens (including phenoxy) is 1. The van der Waals surface area contributed by atoms with E-state index >= 15 is 0 Å². The lowest BCUT2D eigenvalue weighted by Gasteiger charge is -2.08. The summed E-state index contributed by atoms with van der Waals surface area (Å²) in [7, 11) is 0. The summed E-state index contributed by atoms with van der Waals surface area (Å²) < 4.78 is 4.90. The largest absolute Gasteiger partial charge is 0.455 e. The number of hydrogen-bond acceptors (Lipinski definition) is 4. The SMILES string of the molecule is O=C(COC(=O)Cc1cccs1)Nc1ccc(Cl)cc1Cl. The van der Waals surface area contributed by atoms with Crippen LogP contribution in [0.5, 0.6) is 0 Å². The predicted molar refractivity (Wildman–Crippen MR) is 84.1 cm³/mol. The van der Waals surface area contributed by atoms with Crippen molar-refractivity contribution in [2.75, 3.05) is 11.9 Å². The second-order valence-electron chi connectivity index (χ2n) is 4.09. The van der Waals surface area contributed by atoms with E-state index in [-0.39, 0.29) is 13.0 Å². The maximum absolute atomic E-state index is 11.7. The Bertz CT molecular complexity index is 644. The molecule has 0 fully saturated rings. The van der Waals surface area contributed by atoms with Gasteiger partial charge in [0, 0.05) is 9.90 Å². The van der Waals surface area contributed by atoms with Crippen molar-refractivity contribution in [1.29, 1.82) is 0 Å². The molecule has 21 heavy (non-hydrogen) atoms. The summed E-state index contributed by atoms with van der Waals surface area (Å²) in [5, 5.41) is 5.21. The molecule has 0 aliphatic rings. The van der Waals surface area contributed by atoms with Crippen molar-refractivity contribution in [2.45, 2.75) is 6.42 Å². The number of esters is 1. The molecule has 1 aromatic carbocycles. The highest BCUT2D eigenvalue weighted by Gasteiger charge is 2.10. The summed E-state index contributed by atoms with van der Waals surface area (Å²) in [5.74, 6) is -0.909. The van der Waals surface area contributed by atoms with Crippen molar-refractivity contribution in [1.82, 2.24) is 0 Å². The van der Waals surface area contributed by atoms with Crippen molar-refractivity contribution in [2.24, 2.45) is 0 Å². The van der Waals surface area contributed by atoms with Gasteiger partial charge in [-0.25, -0.2) is 0 Å². The van der Waals surface area contributed by atoms with Crippen molar-refractivity contribution >= 4 is 52.1 Å². The van der Waals surface area contributed by atoms with E-state index in [1.165, 1.54) is 17.4 Å². The lowest BCUT2D eigenvalue weighted by Crippen LogP contribution is -2.21. The van der Waals surface area contributed by atoms with Crippen molar-refractivity contribution in [3.63, 3.8) is 0 Å². The number of carbonyl (C=O) groups excluding carboxylic acids is 2. The molecule has 0 bridgehead atoms. The Balaban J connectivity index is 1.80. The molecule has 0 spiro atoms. The molecule has 7 heteroatoms. The van der Waals surface area contributed by atoms with E-state index in [0.717, 1.165) is 4.88 Å². The van der Waals surface area contributed by atoms with Crippen LogP contribution in [0.15, 0.2) is 35.7 Å². The Kier molecular flexibility index (Phi) is 5.61. The Morgan fingerprint density at radius 2 is 2.05 bits per heavy atom. The molecular weight excluding hydrogens is 333 g/mol. The monoisotopic (exact) mass is 343 g/mol. The molecule has 2 rings (SSSR count). The van der Waals surface area contributed by atoms with Gasteiger partial charge in [-0.05, 0) is 29.6 Å². The van der Waals surface area contributed by atoms with Crippen LogP contribution in [-0.2, 0) is 20.7 Å². The highest BCUT2D eigenvalue weighted by molar-refractivity contribution is 7.10. The summed E-state index contributed by atoms with van der Waals surface area (Å²) in [4.78, 5) is 24.1. The number of rotatable bonds is 5. The highest BCUT2D eigenvalue weighted by atomic mass is 35.5. The molecule has 0 saturated heterocycles. The van der Waals surface area contributed by atoms with Gasteiger partial charge in [-0.15, -0.1) is 11.3 Å². The zero-order valence-electron chi connectivity index (χ0n) is 10.8.